The van der Waals surface area contributed by atoms with E-state index in [1.807, 2.05) is 24.3 Å². The Morgan fingerprint density at radius 2 is 2.09 bits per heavy atom. The van der Waals surface area contributed by atoms with Crippen molar-refractivity contribution in [2.75, 3.05) is 13.1 Å². The van der Waals surface area contributed by atoms with Crippen molar-refractivity contribution in [2.45, 2.75) is 31.2 Å². The molecular weight excluding hydrogens is 294 g/mol. The van der Waals surface area contributed by atoms with E-state index in [0.717, 1.165) is 35.3 Å². The first-order valence-corrected chi connectivity index (χ1v) is 8.09. The first-order chi connectivity index (χ1) is 11.1. The minimum atomic E-state index is -0.982. The Labute approximate surface area is 134 Å². The Morgan fingerprint density at radius 1 is 1.30 bits per heavy atom. The van der Waals surface area contributed by atoms with Gasteiger partial charge in [0.2, 0.25) is 5.91 Å². The SMILES string of the molecule is O=C(CN1C(=O)N[C@]2(CCc3ccccc32)C1=O)NCC1CC1. The lowest BCUT2D eigenvalue weighted by atomic mass is 9.92. The van der Waals surface area contributed by atoms with Gasteiger partial charge in [-0.2, -0.15) is 0 Å². The second-order valence-electron chi connectivity index (χ2n) is 6.63. The Balaban J connectivity index is 1.51. The summed E-state index contributed by atoms with van der Waals surface area (Å²) in [6, 6.07) is 7.19. The number of fused-ring (bicyclic) bond motifs is 2. The monoisotopic (exact) mass is 313 g/mol. The van der Waals surface area contributed by atoms with E-state index in [0.29, 0.717) is 18.9 Å². The molecular formula is C17H19N3O3. The lowest BCUT2D eigenvalue weighted by molar-refractivity contribution is -0.135. The van der Waals surface area contributed by atoms with E-state index in [1.165, 1.54) is 0 Å². The van der Waals surface area contributed by atoms with Crippen LogP contribution in [0.2, 0.25) is 0 Å². The van der Waals surface area contributed by atoms with Gasteiger partial charge in [-0.3, -0.25) is 14.5 Å². The van der Waals surface area contributed by atoms with E-state index in [2.05, 4.69) is 10.6 Å². The summed E-state index contributed by atoms with van der Waals surface area (Å²) in [6.07, 6.45) is 3.59. The predicted octanol–water partition coefficient (Wildman–Crippen LogP) is 0.906. The highest BCUT2D eigenvalue weighted by Gasteiger charge is 2.55. The van der Waals surface area contributed by atoms with Crippen LogP contribution in [0.3, 0.4) is 0 Å². The largest absolute Gasteiger partial charge is 0.354 e. The summed E-state index contributed by atoms with van der Waals surface area (Å²) in [5, 5.41) is 5.62. The summed E-state index contributed by atoms with van der Waals surface area (Å²) in [7, 11) is 0. The highest BCUT2D eigenvalue weighted by molar-refractivity contribution is 6.09. The summed E-state index contributed by atoms with van der Waals surface area (Å²) in [5.41, 5.74) is 0.963. The molecule has 1 spiro atoms. The summed E-state index contributed by atoms with van der Waals surface area (Å²) in [4.78, 5) is 38.1. The molecule has 0 bridgehead atoms. The van der Waals surface area contributed by atoms with Gasteiger partial charge in [0.05, 0.1) is 0 Å². The summed E-state index contributed by atoms with van der Waals surface area (Å²) >= 11 is 0. The fraction of sp³-hybridized carbons (Fsp3) is 0.471. The molecule has 1 aliphatic heterocycles. The van der Waals surface area contributed by atoms with Crippen molar-refractivity contribution in [2.24, 2.45) is 5.92 Å². The maximum Gasteiger partial charge on any atom is 0.325 e. The van der Waals surface area contributed by atoms with Crippen LogP contribution in [0, 0.1) is 5.92 Å². The third-order valence-electron chi connectivity index (χ3n) is 5.01. The summed E-state index contributed by atoms with van der Waals surface area (Å²) < 4.78 is 0. The van der Waals surface area contributed by atoms with Gasteiger partial charge >= 0.3 is 6.03 Å². The maximum absolute atomic E-state index is 12.9. The van der Waals surface area contributed by atoms with Crippen molar-refractivity contribution in [1.29, 1.82) is 0 Å². The van der Waals surface area contributed by atoms with Gasteiger partial charge in [0.15, 0.2) is 0 Å². The fourth-order valence-corrected chi connectivity index (χ4v) is 3.51. The number of carbonyl (C=O) groups excluding carboxylic acids is 3. The Hall–Kier alpha value is -2.37. The number of amides is 4. The van der Waals surface area contributed by atoms with Gasteiger partial charge in [-0.25, -0.2) is 4.79 Å². The van der Waals surface area contributed by atoms with Crippen LogP contribution in [0.5, 0.6) is 0 Å². The van der Waals surface area contributed by atoms with Crippen molar-refractivity contribution >= 4 is 17.8 Å². The number of imide groups is 1. The van der Waals surface area contributed by atoms with Crippen LogP contribution in [0.25, 0.3) is 0 Å². The van der Waals surface area contributed by atoms with Gasteiger partial charge in [0.1, 0.15) is 12.1 Å². The highest BCUT2D eigenvalue weighted by Crippen LogP contribution is 2.41. The zero-order valence-corrected chi connectivity index (χ0v) is 12.8. The zero-order valence-electron chi connectivity index (χ0n) is 12.8. The molecule has 0 unspecified atom stereocenters. The highest BCUT2D eigenvalue weighted by atomic mass is 16.2. The van der Waals surface area contributed by atoms with Gasteiger partial charge in [0.25, 0.3) is 5.91 Å². The number of hydrogen-bond acceptors (Lipinski definition) is 3. The van der Waals surface area contributed by atoms with E-state index in [-0.39, 0.29) is 18.4 Å². The van der Waals surface area contributed by atoms with Crippen LogP contribution >= 0.6 is 0 Å². The lowest BCUT2D eigenvalue weighted by Crippen LogP contribution is -2.44. The third kappa shape index (κ3) is 2.29. The number of aryl methyl sites for hydroxylation is 1. The van der Waals surface area contributed by atoms with E-state index >= 15 is 0 Å². The van der Waals surface area contributed by atoms with E-state index < -0.39 is 11.6 Å². The molecule has 1 aromatic rings. The topological polar surface area (TPSA) is 78.5 Å². The molecule has 23 heavy (non-hydrogen) atoms. The van der Waals surface area contributed by atoms with Crippen molar-refractivity contribution in [3.8, 4) is 0 Å². The Morgan fingerprint density at radius 3 is 2.87 bits per heavy atom. The third-order valence-corrected chi connectivity index (χ3v) is 5.01. The van der Waals surface area contributed by atoms with Gasteiger partial charge in [-0.15, -0.1) is 0 Å². The predicted molar refractivity (Wildman–Crippen MR) is 82.4 cm³/mol. The molecule has 120 valence electrons. The molecule has 1 atom stereocenters. The first kappa shape index (κ1) is 14.2. The number of rotatable bonds is 4. The average molecular weight is 313 g/mol. The second-order valence-corrected chi connectivity index (χ2v) is 6.63. The number of benzene rings is 1. The molecule has 1 heterocycles. The molecule has 1 aromatic carbocycles. The van der Waals surface area contributed by atoms with Gasteiger partial charge in [-0.05, 0) is 42.7 Å². The number of carbonyl (C=O) groups is 3. The van der Waals surface area contributed by atoms with Crippen molar-refractivity contribution < 1.29 is 14.4 Å². The van der Waals surface area contributed by atoms with Crippen LogP contribution in [-0.2, 0) is 21.5 Å². The minimum absolute atomic E-state index is 0.207. The number of urea groups is 1. The van der Waals surface area contributed by atoms with Crippen LogP contribution < -0.4 is 10.6 Å². The molecule has 4 rings (SSSR count). The number of nitrogens with zero attached hydrogens (tertiary/aromatic N) is 1. The quantitative estimate of drug-likeness (QED) is 0.811. The molecule has 4 amide bonds. The van der Waals surface area contributed by atoms with Gasteiger partial charge in [-0.1, -0.05) is 24.3 Å². The van der Waals surface area contributed by atoms with Crippen LogP contribution in [0.15, 0.2) is 24.3 Å². The molecule has 0 radical (unpaired) electrons. The maximum atomic E-state index is 12.9. The van der Waals surface area contributed by atoms with Crippen LogP contribution in [0.1, 0.15) is 30.4 Å². The standard InChI is InChI=1S/C17H19N3O3/c21-14(18-9-11-5-6-11)10-20-15(22)17(19-16(20)23)8-7-12-3-1-2-4-13(12)17/h1-4,11H,5-10H2,(H,18,21)(H,19,23)/t17-/m0/s1. The molecule has 2 aliphatic carbocycles. The van der Waals surface area contributed by atoms with E-state index in [9.17, 15) is 14.4 Å². The smallest absolute Gasteiger partial charge is 0.325 e. The lowest BCUT2D eigenvalue weighted by Gasteiger charge is -2.22. The van der Waals surface area contributed by atoms with Crippen molar-refractivity contribution in [3.63, 3.8) is 0 Å². The first-order valence-electron chi connectivity index (χ1n) is 8.09. The number of nitrogens with one attached hydrogen (secondary N) is 2. The van der Waals surface area contributed by atoms with Crippen LogP contribution in [0.4, 0.5) is 4.79 Å². The van der Waals surface area contributed by atoms with Crippen molar-refractivity contribution in [3.05, 3.63) is 35.4 Å². The van der Waals surface area contributed by atoms with Gasteiger partial charge in [0, 0.05) is 6.54 Å². The van der Waals surface area contributed by atoms with Crippen molar-refractivity contribution in [1.82, 2.24) is 15.5 Å². The molecule has 1 saturated heterocycles. The molecule has 6 heteroatoms. The van der Waals surface area contributed by atoms with E-state index in [4.69, 9.17) is 0 Å². The van der Waals surface area contributed by atoms with Gasteiger partial charge < -0.3 is 10.6 Å². The molecule has 1 saturated carbocycles. The Kier molecular flexibility index (Phi) is 3.14. The zero-order chi connectivity index (χ0) is 16.0. The molecule has 2 fully saturated rings. The van der Waals surface area contributed by atoms with Crippen LogP contribution in [-0.4, -0.2) is 35.8 Å². The second kappa shape index (κ2) is 5.08. The molecule has 2 N–H and O–H groups in total. The van der Waals surface area contributed by atoms with E-state index in [1.54, 1.807) is 0 Å². The molecule has 6 nitrogen and oxygen atoms in total. The average Bonchev–Trinajstić information content (AvgIpc) is 3.27. The fourth-order valence-electron chi connectivity index (χ4n) is 3.51. The molecule has 3 aliphatic rings. The number of hydrogen-bond donors (Lipinski definition) is 2. The Bertz CT molecular complexity index is 698. The summed E-state index contributed by atoms with van der Waals surface area (Å²) in [5.74, 6) is -0.0205. The summed E-state index contributed by atoms with van der Waals surface area (Å²) in [6.45, 7) is 0.428. The molecule has 0 aromatic heterocycles. The minimum Gasteiger partial charge on any atom is -0.354 e. The normalized spacial score (nSPS) is 25.7.